The van der Waals surface area contributed by atoms with Gasteiger partial charge in [0.25, 0.3) is 0 Å². The van der Waals surface area contributed by atoms with E-state index in [0.717, 1.165) is 45.6 Å². The molecule has 0 fully saturated rings. The zero-order chi connectivity index (χ0) is 35.4. The summed E-state index contributed by atoms with van der Waals surface area (Å²) in [4.78, 5) is 53.6. The zero-order valence-electron chi connectivity index (χ0n) is 27.5. The normalized spacial score (nSPS) is 16.1. The second-order valence-electron chi connectivity index (χ2n) is 10.6. The fraction of sp³-hybridized carbons (Fsp3) is 0.923. The van der Waals surface area contributed by atoms with E-state index in [1.165, 1.54) is 0 Å². The number of carbonyl (C=O) groups excluding carboxylic acids is 2. The van der Waals surface area contributed by atoms with Crippen molar-refractivity contribution in [2.75, 3.05) is 59.7 Å². The molecule has 0 saturated heterocycles. The van der Waals surface area contributed by atoms with Crippen LogP contribution < -0.4 is 22.1 Å². The van der Waals surface area contributed by atoms with E-state index in [9.17, 15) is 38.0 Å². The van der Waals surface area contributed by atoms with Gasteiger partial charge in [-0.25, -0.2) is 13.7 Å². The highest BCUT2D eigenvalue weighted by atomic mass is 31.2. The summed E-state index contributed by atoms with van der Waals surface area (Å²) < 4.78 is 64.8. The molecule has 0 radical (unpaired) electrons. The van der Waals surface area contributed by atoms with E-state index in [-0.39, 0.29) is 52.4 Å². The second-order valence-corrected chi connectivity index (χ2v) is 15.0. The van der Waals surface area contributed by atoms with Crippen molar-refractivity contribution in [2.45, 2.75) is 96.0 Å². The zero-order valence-corrected chi connectivity index (χ0v) is 30.1. The van der Waals surface area contributed by atoms with Crippen molar-refractivity contribution < 1.29 is 65.1 Å². The first-order valence-electron chi connectivity index (χ1n) is 16.0. The van der Waals surface area contributed by atoms with Gasteiger partial charge in [0.2, 0.25) is 11.8 Å². The molecule has 0 heterocycles. The van der Waals surface area contributed by atoms with E-state index >= 15 is 0 Å². The highest BCUT2D eigenvalue weighted by Gasteiger charge is 2.26. The molecular formula is C26H57N4O14P3. The molecule has 0 aromatic rings. The van der Waals surface area contributed by atoms with Crippen LogP contribution in [0, 0.1) is 0 Å². The Morgan fingerprint density at radius 2 is 0.915 bits per heavy atom. The Bertz CT molecular complexity index is 919. The van der Waals surface area contributed by atoms with E-state index in [1.54, 1.807) is 0 Å². The molecule has 18 nitrogen and oxygen atoms in total. The van der Waals surface area contributed by atoms with Crippen LogP contribution in [0.3, 0.4) is 0 Å². The van der Waals surface area contributed by atoms with E-state index in [4.69, 9.17) is 34.1 Å². The molecule has 21 heteroatoms. The second kappa shape index (κ2) is 27.9. The molecule has 0 aromatic heterocycles. The van der Waals surface area contributed by atoms with Crippen LogP contribution in [0.15, 0.2) is 0 Å². The predicted molar refractivity (Wildman–Crippen MR) is 174 cm³/mol. The summed E-state index contributed by atoms with van der Waals surface area (Å²) in [7, 11) is -11.8. The summed E-state index contributed by atoms with van der Waals surface area (Å²) in [6, 6.07) is 0. The Morgan fingerprint density at radius 1 is 0.574 bits per heavy atom. The van der Waals surface area contributed by atoms with Crippen LogP contribution >= 0.6 is 23.5 Å². The molecule has 0 rings (SSSR count). The average molecular weight is 743 g/mol. The van der Waals surface area contributed by atoms with Gasteiger partial charge in [0.15, 0.2) is 0 Å². The topological polar surface area (TPSA) is 278 Å². The number of carbonyl (C=O) groups is 2. The van der Waals surface area contributed by atoms with E-state index < -0.39 is 41.4 Å². The minimum absolute atomic E-state index is 0.0317. The largest absolute Gasteiger partial charge is 0.472 e. The maximum absolute atomic E-state index is 12.3. The van der Waals surface area contributed by atoms with E-state index in [2.05, 4.69) is 15.2 Å². The molecule has 0 spiro atoms. The van der Waals surface area contributed by atoms with Crippen LogP contribution in [-0.2, 0) is 50.4 Å². The first-order valence-corrected chi connectivity index (χ1v) is 20.5. The molecule has 3 atom stereocenters. The smallest absolute Gasteiger partial charge is 0.353 e. The van der Waals surface area contributed by atoms with Crippen molar-refractivity contribution in [1.82, 2.24) is 10.6 Å². The molecule has 280 valence electrons. The Hall–Kier alpha value is -0.810. The summed E-state index contributed by atoms with van der Waals surface area (Å²) in [5.74, 6) is -0.847. The number of nitrogens with two attached hydrogens (primary N) is 2. The molecule has 0 saturated carbocycles. The van der Waals surface area contributed by atoms with Crippen LogP contribution in [0.4, 0.5) is 0 Å². The van der Waals surface area contributed by atoms with Crippen molar-refractivity contribution in [1.29, 1.82) is 0 Å². The maximum atomic E-state index is 12.3. The van der Waals surface area contributed by atoms with Gasteiger partial charge in [0.05, 0.1) is 26.4 Å². The highest BCUT2D eigenvalue weighted by molar-refractivity contribution is 7.47. The van der Waals surface area contributed by atoms with E-state index in [0.29, 0.717) is 51.6 Å². The molecule has 2 amide bonds. The van der Waals surface area contributed by atoms with Gasteiger partial charge < -0.3 is 36.8 Å². The summed E-state index contributed by atoms with van der Waals surface area (Å²) >= 11 is 0. The highest BCUT2D eigenvalue weighted by Crippen LogP contribution is 2.44. The number of nitrogens with one attached hydrogen (secondary N) is 2. The van der Waals surface area contributed by atoms with Crippen molar-refractivity contribution in [3.63, 3.8) is 0 Å². The Kier molecular flexibility index (Phi) is 27.5. The number of hydrogen-bond acceptors (Lipinski definition) is 13. The van der Waals surface area contributed by atoms with Crippen LogP contribution in [0.25, 0.3) is 0 Å². The van der Waals surface area contributed by atoms with Crippen LogP contribution in [-0.4, -0.2) is 92.3 Å². The Morgan fingerprint density at radius 3 is 1.26 bits per heavy atom. The fourth-order valence-electron chi connectivity index (χ4n) is 3.78. The average Bonchev–Trinajstić information content (AvgIpc) is 3.01. The summed E-state index contributed by atoms with van der Waals surface area (Å²) in [6.07, 6.45) is 6.65. The third kappa shape index (κ3) is 29.8. The van der Waals surface area contributed by atoms with Gasteiger partial charge in [-0.1, -0.05) is 25.7 Å². The Labute approximate surface area is 278 Å². The predicted octanol–water partition coefficient (Wildman–Crippen LogP) is 3.00. The van der Waals surface area contributed by atoms with Crippen LogP contribution in [0.1, 0.15) is 89.9 Å². The SMILES string of the molecule is COP(=O)(O)OC(CNC(=O)CCCCOP(=O)(O)OCCCCCCN)CNC(=O)CCCCOP(=O)(O)OCCCCCCN. The fourth-order valence-corrected chi connectivity index (χ4v) is 5.98. The number of hydrogen-bond donors (Lipinski definition) is 7. The summed E-state index contributed by atoms with van der Waals surface area (Å²) in [5.41, 5.74) is 10.8. The number of phosphoric ester groups is 3. The molecule has 0 aromatic carbocycles. The number of unbranched alkanes of at least 4 members (excludes halogenated alkanes) is 8. The lowest BCUT2D eigenvalue weighted by atomic mass is 10.2. The molecule has 0 aliphatic carbocycles. The van der Waals surface area contributed by atoms with Crippen molar-refractivity contribution in [2.24, 2.45) is 11.5 Å². The van der Waals surface area contributed by atoms with Gasteiger partial charge in [-0.3, -0.25) is 36.7 Å². The van der Waals surface area contributed by atoms with Gasteiger partial charge in [0, 0.05) is 33.0 Å². The first kappa shape index (κ1) is 46.2. The monoisotopic (exact) mass is 742 g/mol. The lowest BCUT2D eigenvalue weighted by Gasteiger charge is -2.21. The number of rotatable bonds is 33. The van der Waals surface area contributed by atoms with Crippen molar-refractivity contribution in [3.05, 3.63) is 0 Å². The molecular weight excluding hydrogens is 685 g/mol. The third-order valence-electron chi connectivity index (χ3n) is 6.38. The maximum Gasteiger partial charge on any atom is 0.472 e. The minimum atomic E-state index is -4.44. The van der Waals surface area contributed by atoms with Crippen molar-refractivity contribution >= 4 is 35.3 Å². The molecule has 0 bridgehead atoms. The van der Waals surface area contributed by atoms with Gasteiger partial charge in [0.1, 0.15) is 6.10 Å². The molecule has 9 N–H and O–H groups in total. The van der Waals surface area contributed by atoms with E-state index in [1.807, 2.05) is 0 Å². The van der Waals surface area contributed by atoms with Crippen LogP contribution in [0.5, 0.6) is 0 Å². The van der Waals surface area contributed by atoms with Crippen molar-refractivity contribution in [3.8, 4) is 0 Å². The molecule has 0 aliphatic heterocycles. The van der Waals surface area contributed by atoms with Gasteiger partial charge in [-0.2, -0.15) is 0 Å². The lowest BCUT2D eigenvalue weighted by molar-refractivity contribution is -0.121. The third-order valence-corrected chi connectivity index (χ3v) is 9.44. The molecule has 3 unspecified atom stereocenters. The van der Waals surface area contributed by atoms with Crippen LogP contribution in [0.2, 0.25) is 0 Å². The summed E-state index contributed by atoms with van der Waals surface area (Å²) in [5, 5.41) is 5.09. The lowest BCUT2D eigenvalue weighted by Crippen LogP contribution is -2.41. The molecule has 0 aliphatic rings. The molecule has 47 heavy (non-hydrogen) atoms. The summed E-state index contributed by atoms with van der Waals surface area (Å²) in [6.45, 7) is 0.737. The Balaban J connectivity index is 4.30. The number of amides is 2. The minimum Gasteiger partial charge on any atom is -0.353 e. The van der Waals surface area contributed by atoms with Gasteiger partial charge in [-0.05, 0) is 64.5 Å². The number of phosphoric acid groups is 3. The standard InChI is InChI=1S/C26H57N4O14P3/c1-39-45(33,34)44-24(22-29-25(31)14-6-12-20-42-46(35,36)40-18-10-4-2-8-16-27)23-30-26(32)15-7-13-21-43-47(37,38)41-19-11-5-3-9-17-28/h24H,2-23,27-28H2,1H3,(H,29,31)(H,30,32)(H,33,34)(H,35,36)(H,37,38). The quantitative estimate of drug-likeness (QED) is 0.0376. The van der Waals surface area contributed by atoms with Gasteiger partial charge in [-0.15, -0.1) is 0 Å². The first-order chi connectivity index (χ1) is 22.3. The van der Waals surface area contributed by atoms with Gasteiger partial charge >= 0.3 is 23.5 Å².